The first kappa shape index (κ1) is 17.5. The molecule has 11 nitrogen and oxygen atoms in total. The van der Waals surface area contributed by atoms with Crippen molar-refractivity contribution < 1.29 is 28.6 Å². The van der Waals surface area contributed by atoms with Crippen molar-refractivity contribution in [2.45, 2.75) is 31.0 Å². The fourth-order valence-corrected chi connectivity index (χ4v) is 3.89. The monoisotopic (exact) mass is 362 g/mol. The number of aliphatic hydroxyl groups is 2. The Balaban J connectivity index is 1.68. The number of nitrogens with zero attached hydrogens (tertiary/aromatic N) is 2. The highest BCUT2D eigenvalue weighted by Crippen LogP contribution is 2.46. The Morgan fingerprint density at radius 3 is 2.96 bits per heavy atom. The van der Waals surface area contributed by atoms with Crippen LogP contribution in [0.1, 0.15) is 12.6 Å². The zero-order chi connectivity index (χ0) is 17.3. The van der Waals surface area contributed by atoms with Crippen LogP contribution < -0.4 is 16.5 Å². The first-order chi connectivity index (χ1) is 11.4. The minimum atomic E-state index is -3.44. The third-order valence-corrected chi connectivity index (χ3v) is 5.38. The van der Waals surface area contributed by atoms with Crippen LogP contribution in [0.5, 0.6) is 0 Å². The highest BCUT2D eigenvalue weighted by molar-refractivity contribution is 7.51. The Hall–Kier alpha value is -1.33. The van der Waals surface area contributed by atoms with Crippen LogP contribution in [-0.4, -0.2) is 57.8 Å². The summed E-state index contributed by atoms with van der Waals surface area (Å²) < 4.78 is 29.0. The lowest BCUT2D eigenvalue weighted by Crippen LogP contribution is -2.36. The minimum absolute atomic E-state index is 0.0304. The minimum Gasteiger partial charge on any atom is -0.387 e. The smallest absolute Gasteiger partial charge is 0.387 e. The van der Waals surface area contributed by atoms with Crippen LogP contribution in [0.15, 0.2) is 17.1 Å². The molecule has 1 aromatic rings. The van der Waals surface area contributed by atoms with Crippen LogP contribution in [0.4, 0.5) is 5.82 Å². The molecule has 1 aromatic heterocycles. The lowest BCUT2D eigenvalue weighted by Gasteiger charge is -2.25. The van der Waals surface area contributed by atoms with E-state index in [-0.39, 0.29) is 12.4 Å². The highest BCUT2D eigenvalue weighted by Gasteiger charge is 2.45. The second-order valence-electron chi connectivity index (χ2n) is 5.48. The van der Waals surface area contributed by atoms with Crippen molar-refractivity contribution in [3.8, 4) is 0 Å². The average molecular weight is 362 g/mol. The van der Waals surface area contributed by atoms with Gasteiger partial charge < -0.3 is 20.7 Å². The Morgan fingerprint density at radius 2 is 2.29 bits per heavy atom. The van der Waals surface area contributed by atoms with E-state index in [0.717, 1.165) is 4.57 Å². The van der Waals surface area contributed by atoms with Crippen LogP contribution in [0.25, 0.3) is 0 Å². The number of nitrogens with one attached hydrogen (secondary N) is 1. The van der Waals surface area contributed by atoms with E-state index in [9.17, 15) is 19.6 Å². The van der Waals surface area contributed by atoms with Crippen molar-refractivity contribution >= 4 is 13.6 Å². The summed E-state index contributed by atoms with van der Waals surface area (Å²) in [4.78, 5) is 15.4. The topological polar surface area (TPSA) is 158 Å². The van der Waals surface area contributed by atoms with E-state index in [1.165, 1.54) is 12.3 Å². The lowest BCUT2D eigenvalue weighted by atomic mass is 10.1. The van der Waals surface area contributed by atoms with Crippen molar-refractivity contribution in [3.63, 3.8) is 0 Å². The fraction of sp³-hybridized carbons (Fsp3) is 0.667. The number of hydrogen-bond acceptors (Lipinski definition) is 9. The number of aliphatic hydroxyl groups excluding tert-OH is 2. The molecular weight excluding hydrogens is 343 g/mol. The van der Waals surface area contributed by atoms with Crippen molar-refractivity contribution in [3.05, 3.63) is 22.7 Å². The molecule has 2 aliphatic rings. The molecular formula is C12H19N4O7P. The van der Waals surface area contributed by atoms with Crippen LogP contribution in [0.2, 0.25) is 0 Å². The van der Waals surface area contributed by atoms with Gasteiger partial charge in [0.25, 0.3) is 0 Å². The zero-order valence-electron chi connectivity index (χ0n) is 12.6. The fourth-order valence-electron chi connectivity index (χ4n) is 2.49. The van der Waals surface area contributed by atoms with Crippen molar-refractivity contribution in [1.29, 1.82) is 0 Å². The first-order valence-electron chi connectivity index (χ1n) is 7.40. The quantitative estimate of drug-likeness (QED) is 0.468. The highest BCUT2D eigenvalue weighted by atomic mass is 31.2. The molecule has 0 aliphatic carbocycles. The van der Waals surface area contributed by atoms with Crippen LogP contribution in [0.3, 0.4) is 0 Å². The van der Waals surface area contributed by atoms with Gasteiger partial charge in [-0.1, -0.05) is 0 Å². The molecule has 0 amide bonds. The molecule has 5 atom stereocenters. The molecule has 12 heteroatoms. The summed E-state index contributed by atoms with van der Waals surface area (Å²) in [5, 5.41) is 22.8. The zero-order valence-corrected chi connectivity index (χ0v) is 13.5. The Kier molecular flexibility index (Phi) is 5.02. The normalized spacial score (nSPS) is 36.8. The van der Waals surface area contributed by atoms with Gasteiger partial charge in [-0.25, -0.2) is 14.4 Å². The summed E-state index contributed by atoms with van der Waals surface area (Å²) >= 11 is 0. The summed E-state index contributed by atoms with van der Waals surface area (Å²) in [6.45, 7) is 0.509. The second kappa shape index (κ2) is 6.89. The Labute approximate surface area is 136 Å². The van der Waals surface area contributed by atoms with Gasteiger partial charge in [0.1, 0.15) is 24.1 Å². The molecule has 134 valence electrons. The van der Waals surface area contributed by atoms with Gasteiger partial charge >= 0.3 is 13.4 Å². The predicted octanol–water partition coefficient (Wildman–Crippen LogP) is -1.42. The molecule has 2 aliphatic heterocycles. The van der Waals surface area contributed by atoms with Gasteiger partial charge in [0.2, 0.25) is 0 Å². The molecule has 0 spiro atoms. The first-order valence-corrected chi connectivity index (χ1v) is 8.94. The molecule has 24 heavy (non-hydrogen) atoms. The maximum atomic E-state index is 12.2. The maximum Gasteiger partial charge on any atom is 0.405 e. The molecule has 0 aromatic carbocycles. The molecule has 3 heterocycles. The Bertz CT molecular complexity index is 688. The SMILES string of the molecule is Nc1ccn([C@@H]2O[C@H](COP3(=O)NCCCO3)[C@@H](O)[C@@H]2O)c(=O)n1. The van der Waals surface area contributed by atoms with Gasteiger partial charge in [-0.2, -0.15) is 4.98 Å². The van der Waals surface area contributed by atoms with Gasteiger partial charge in [-0.05, 0) is 12.5 Å². The number of ether oxygens (including phenoxy) is 1. The van der Waals surface area contributed by atoms with Gasteiger partial charge in [0, 0.05) is 12.7 Å². The number of hydrogen-bond donors (Lipinski definition) is 4. The van der Waals surface area contributed by atoms with Gasteiger partial charge in [0.05, 0.1) is 13.2 Å². The molecule has 0 bridgehead atoms. The predicted molar refractivity (Wildman–Crippen MR) is 81.0 cm³/mol. The van der Waals surface area contributed by atoms with Crippen LogP contribution in [-0.2, 0) is 18.3 Å². The Morgan fingerprint density at radius 1 is 1.50 bits per heavy atom. The molecule has 0 radical (unpaired) electrons. The second-order valence-corrected chi connectivity index (χ2v) is 7.30. The molecule has 0 saturated carbocycles. The number of anilines is 1. The number of nitrogen functional groups attached to an aromatic ring is 1. The third-order valence-electron chi connectivity index (χ3n) is 3.76. The van der Waals surface area contributed by atoms with E-state index < -0.39 is 38.0 Å². The summed E-state index contributed by atoms with van der Waals surface area (Å²) in [6.07, 6.45) is -2.85. The third kappa shape index (κ3) is 3.52. The summed E-state index contributed by atoms with van der Waals surface area (Å²) in [6, 6.07) is 1.37. The van der Waals surface area contributed by atoms with E-state index >= 15 is 0 Å². The molecule has 3 rings (SSSR count). The number of rotatable bonds is 4. The van der Waals surface area contributed by atoms with Gasteiger partial charge in [-0.15, -0.1) is 0 Å². The van der Waals surface area contributed by atoms with E-state index in [1.54, 1.807) is 0 Å². The summed E-state index contributed by atoms with van der Waals surface area (Å²) in [5.41, 5.74) is 4.69. The van der Waals surface area contributed by atoms with Gasteiger partial charge in [0.15, 0.2) is 6.23 Å². The molecule has 2 fully saturated rings. The molecule has 1 unspecified atom stereocenters. The largest absolute Gasteiger partial charge is 0.405 e. The number of aromatic nitrogens is 2. The molecule has 2 saturated heterocycles. The van der Waals surface area contributed by atoms with Crippen molar-refractivity contribution in [1.82, 2.24) is 14.6 Å². The van der Waals surface area contributed by atoms with Crippen molar-refractivity contribution in [2.24, 2.45) is 0 Å². The van der Waals surface area contributed by atoms with Crippen LogP contribution >= 0.6 is 7.75 Å². The standard InChI is InChI=1S/C12H19N4O7P/c13-8-2-4-16(12(19)15-8)11-10(18)9(17)7(23-11)6-22-24(20)14-3-1-5-21-24/h2,4,7,9-11,17-18H,1,3,5-6H2,(H,14,20)(H2,13,15,19)/t7-,9-,10+,11-,24?/m1/s1. The maximum absolute atomic E-state index is 12.2. The average Bonchev–Trinajstić information content (AvgIpc) is 2.82. The van der Waals surface area contributed by atoms with Gasteiger partial charge in [-0.3, -0.25) is 13.6 Å². The van der Waals surface area contributed by atoms with E-state index in [1.807, 2.05) is 0 Å². The van der Waals surface area contributed by atoms with Crippen LogP contribution in [0, 0.1) is 0 Å². The number of nitrogens with two attached hydrogens (primary N) is 1. The van der Waals surface area contributed by atoms with E-state index in [4.69, 9.17) is 19.5 Å². The van der Waals surface area contributed by atoms with E-state index in [0.29, 0.717) is 19.6 Å². The summed E-state index contributed by atoms with van der Waals surface area (Å²) in [5.74, 6) is 0.0304. The lowest BCUT2D eigenvalue weighted by molar-refractivity contribution is -0.0536. The molecule has 5 N–H and O–H groups in total. The van der Waals surface area contributed by atoms with E-state index in [2.05, 4.69) is 10.1 Å². The summed E-state index contributed by atoms with van der Waals surface area (Å²) in [7, 11) is -3.44. The van der Waals surface area contributed by atoms with Crippen molar-refractivity contribution in [2.75, 3.05) is 25.5 Å².